The summed E-state index contributed by atoms with van der Waals surface area (Å²) in [5.74, 6) is 0.613. The van der Waals surface area contributed by atoms with E-state index in [1.807, 2.05) is 6.20 Å². The largest absolute Gasteiger partial charge is 0.346 e. The second kappa shape index (κ2) is 8.30. The third-order valence-corrected chi connectivity index (χ3v) is 5.13. The normalized spacial score (nSPS) is 20.2. The number of H-pyrrole nitrogens is 1. The second-order valence-electron chi connectivity index (χ2n) is 6.81. The summed E-state index contributed by atoms with van der Waals surface area (Å²) >= 11 is 0. The average molecular weight is 299 g/mol. The zero-order chi connectivity index (χ0) is 15.0. The molecule has 3 heteroatoms. The van der Waals surface area contributed by atoms with Gasteiger partial charge in [-0.2, -0.15) is 0 Å². The SMILES string of the molecule is c1nc(C2CCCCCCCCCCCC2)c2cc[nH]c2n1. The van der Waals surface area contributed by atoms with E-state index < -0.39 is 0 Å². The van der Waals surface area contributed by atoms with Gasteiger partial charge in [-0.1, -0.05) is 64.2 Å². The highest BCUT2D eigenvalue weighted by Crippen LogP contribution is 2.31. The van der Waals surface area contributed by atoms with Crippen molar-refractivity contribution in [1.82, 2.24) is 15.0 Å². The van der Waals surface area contributed by atoms with E-state index >= 15 is 0 Å². The Labute approximate surface area is 133 Å². The molecule has 1 N–H and O–H groups in total. The van der Waals surface area contributed by atoms with E-state index in [9.17, 15) is 0 Å². The number of rotatable bonds is 1. The Morgan fingerprint density at radius 3 is 2.00 bits per heavy atom. The van der Waals surface area contributed by atoms with Crippen LogP contribution in [0.25, 0.3) is 11.0 Å². The van der Waals surface area contributed by atoms with Crippen LogP contribution in [0, 0.1) is 0 Å². The van der Waals surface area contributed by atoms with Crippen LogP contribution in [0.15, 0.2) is 18.6 Å². The minimum atomic E-state index is 0.613. The van der Waals surface area contributed by atoms with Crippen LogP contribution in [0.3, 0.4) is 0 Å². The molecular formula is C19H29N3. The van der Waals surface area contributed by atoms with Crippen LogP contribution < -0.4 is 0 Å². The van der Waals surface area contributed by atoms with Gasteiger partial charge in [0.1, 0.15) is 12.0 Å². The van der Waals surface area contributed by atoms with Gasteiger partial charge in [0.25, 0.3) is 0 Å². The molecule has 0 amide bonds. The number of nitrogens with one attached hydrogen (secondary N) is 1. The molecular weight excluding hydrogens is 270 g/mol. The Kier molecular flexibility index (Phi) is 5.86. The zero-order valence-electron chi connectivity index (χ0n) is 13.7. The summed E-state index contributed by atoms with van der Waals surface area (Å²) in [7, 11) is 0. The van der Waals surface area contributed by atoms with Crippen LogP contribution in [-0.2, 0) is 0 Å². The highest BCUT2D eigenvalue weighted by molar-refractivity contribution is 5.78. The van der Waals surface area contributed by atoms with Gasteiger partial charge in [-0.15, -0.1) is 0 Å². The topological polar surface area (TPSA) is 41.6 Å². The third-order valence-electron chi connectivity index (χ3n) is 5.13. The van der Waals surface area contributed by atoms with Crippen molar-refractivity contribution in [3.8, 4) is 0 Å². The first-order valence-corrected chi connectivity index (χ1v) is 9.23. The summed E-state index contributed by atoms with van der Waals surface area (Å²) in [6.07, 6.45) is 20.3. The highest BCUT2D eigenvalue weighted by Gasteiger charge is 2.16. The maximum Gasteiger partial charge on any atom is 0.140 e. The first kappa shape index (κ1) is 15.5. The van der Waals surface area contributed by atoms with Crippen LogP contribution in [0.4, 0.5) is 0 Å². The summed E-state index contributed by atoms with van der Waals surface area (Å²) in [5, 5.41) is 1.23. The monoisotopic (exact) mass is 299 g/mol. The minimum absolute atomic E-state index is 0.613. The van der Waals surface area contributed by atoms with E-state index in [1.165, 1.54) is 88.1 Å². The fraction of sp³-hybridized carbons (Fsp3) is 0.684. The summed E-state index contributed by atoms with van der Waals surface area (Å²) in [5.41, 5.74) is 2.27. The highest BCUT2D eigenvalue weighted by atomic mass is 14.9. The van der Waals surface area contributed by atoms with Gasteiger partial charge < -0.3 is 4.98 Å². The number of hydrogen-bond donors (Lipinski definition) is 1. The molecule has 2 aromatic rings. The lowest BCUT2D eigenvalue weighted by molar-refractivity contribution is 0.495. The van der Waals surface area contributed by atoms with E-state index in [-0.39, 0.29) is 0 Å². The van der Waals surface area contributed by atoms with Gasteiger partial charge >= 0.3 is 0 Å². The summed E-state index contributed by atoms with van der Waals surface area (Å²) in [6, 6.07) is 2.14. The lowest BCUT2D eigenvalue weighted by atomic mass is 9.90. The fourth-order valence-corrected chi connectivity index (χ4v) is 3.83. The Morgan fingerprint density at radius 1 is 0.773 bits per heavy atom. The molecule has 0 bridgehead atoms. The van der Waals surface area contributed by atoms with Crippen molar-refractivity contribution < 1.29 is 0 Å². The molecule has 0 atom stereocenters. The van der Waals surface area contributed by atoms with Crippen LogP contribution >= 0.6 is 0 Å². The molecule has 0 aromatic carbocycles. The van der Waals surface area contributed by atoms with Gasteiger partial charge in [-0.3, -0.25) is 0 Å². The van der Waals surface area contributed by atoms with Crippen molar-refractivity contribution in [3.05, 3.63) is 24.3 Å². The maximum absolute atomic E-state index is 4.66. The minimum Gasteiger partial charge on any atom is -0.346 e. The van der Waals surface area contributed by atoms with Gasteiger partial charge in [-0.25, -0.2) is 9.97 Å². The molecule has 0 saturated heterocycles. The summed E-state index contributed by atoms with van der Waals surface area (Å²) < 4.78 is 0. The summed E-state index contributed by atoms with van der Waals surface area (Å²) in [6.45, 7) is 0. The van der Waals surface area contributed by atoms with Crippen LogP contribution in [0.5, 0.6) is 0 Å². The van der Waals surface area contributed by atoms with E-state index in [0.29, 0.717) is 5.92 Å². The van der Waals surface area contributed by atoms with Gasteiger partial charge in [0, 0.05) is 17.5 Å². The molecule has 0 spiro atoms. The molecule has 0 unspecified atom stereocenters. The van der Waals surface area contributed by atoms with E-state index in [0.717, 1.165) is 5.65 Å². The predicted molar refractivity (Wildman–Crippen MR) is 92.0 cm³/mol. The third kappa shape index (κ3) is 4.08. The van der Waals surface area contributed by atoms with Gasteiger partial charge in [0.15, 0.2) is 0 Å². The second-order valence-corrected chi connectivity index (χ2v) is 6.81. The Bertz CT molecular complexity index is 547. The first-order valence-electron chi connectivity index (χ1n) is 9.23. The Balaban J connectivity index is 1.71. The molecule has 120 valence electrons. The van der Waals surface area contributed by atoms with Crippen LogP contribution in [-0.4, -0.2) is 15.0 Å². The van der Waals surface area contributed by atoms with Crippen molar-refractivity contribution in [2.45, 2.75) is 83.0 Å². The number of nitrogens with zero attached hydrogens (tertiary/aromatic N) is 2. The average Bonchev–Trinajstić information content (AvgIpc) is 3.02. The Morgan fingerprint density at radius 2 is 1.36 bits per heavy atom. The number of aromatic nitrogens is 3. The van der Waals surface area contributed by atoms with E-state index in [1.54, 1.807) is 6.33 Å². The van der Waals surface area contributed by atoms with Gasteiger partial charge in [0.05, 0.1) is 5.69 Å². The lowest BCUT2D eigenvalue weighted by Gasteiger charge is -2.17. The number of hydrogen-bond acceptors (Lipinski definition) is 2. The maximum atomic E-state index is 4.66. The van der Waals surface area contributed by atoms with Crippen molar-refractivity contribution in [2.75, 3.05) is 0 Å². The molecule has 1 saturated carbocycles. The zero-order valence-corrected chi connectivity index (χ0v) is 13.7. The molecule has 1 aliphatic rings. The predicted octanol–water partition coefficient (Wildman–Crippen LogP) is 5.74. The van der Waals surface area contributed by atoms with Crippen molar-refractivity contribution in [2.24, 2.45) is 0 Å². The molecule has 2 aromatic heterocycles. The van der Waals surface area contributed by atoms with Crippen molar-refractivity contribution in [1.29, 1.82) is 0 Å². The van der Waals surface area contributed by atoms with Gasteiger partial charge in [0.2, 0.25) is 0 Å². The molecule has 0 radical (unpaired) electrons. The van der Waals surface area contributed by atoms with Crippen LogP contribution in [0.1, 0.15) is 88.7 Å². The van der Waals surface area contributed by atoms with E-state index in [2.05, 4.69) is 21.0 Å². The quantitative estimate of drug-likeness (QED) is 0.730. The molecule has 0 aliphatic heterocycles. The van der Waals surface area contributed by atoms with Crippen molar-refractivity contribution >= 4 is 11.0 Å². The smallest absolute Gasteiger partial charge is 0.140 e. The molecule has 2 heterocycles. The Hall–Kier alpha value is -1.38. The first-order chi connectivity index (χ1) is 10.9. The fourth-order valence-electron chi connectivity index (χ4n) is 3.83. The number of fused-ring (bicyclic) bond motifs is 1. The summed E-state index contributed by atoms with van der Waals surface area (Å²) in [4.78, 5) is 12.2. The molecule has 3 nitrogen and oxygen atoms in total. The van der Waals surface area contributed by atoms with Crippen LogP contribution in [0.2, 0.25) is 0 Å². The lowest BCUT2D eigenvalue weighted by Crippen LogP contribution is -2.03. The van der Waals surface area contributed by atoms with E-state index in [4.69, 9.17) is 0 Å². The molecule has 1 aliphatic carbocycles. The number of aromatic amines is 1. The molecule has 1 fully saturated rings. The van der Waals surface area contributed by atoms with Crippen molar-refractivity contribution in [3.63, 3.8) is 0 Å². The standard InChI is InChI=1S/C19H29N3/c1-2-4-6-8-10-12-16(11-9-7-5-3-1)18-17-13-14-20-19(17)22-15-21-18/h13-16H,1-12H2,(H,20,21,22). The molecule has 3 rings (SSSR count). The van der Waals surface area contributed by atoms with Gasteiger partial charge in [-0.05, 0) is 18.9 Å². The molecule has 22 heavy (non-hydrogen) atoms.